The number of hydrogen-bond donors (Lipinski definition) is 4. The summed E-state index contributed by atoms with van der Waals surface area (Å²) < 4.78 is 49.1. The summed E-state index contributed by atoms with van der Waals surface area (Å²) in [5, 5.41) is 18.7. The molecule has 0 saturated heterocycles. The zero-order valence-electron chi connectivity index (χ0n) is 15.7. The minimum Gasteiger partial charge on any atom is -0.386 e. The Morgan fingerprint density at radius 3 is 2.41 bits per heavy atom. The summed E-state index contributed by atoms with van der Waals surface area (Å²) in [6, 6.07) is 1.62. The number of urea groups is 1. The third-order valence-electron chi connectivity index (χ3n) is 4.08. The van der Waals surface area contributed by atoms with Crippen LogP contribution in [0.1, 0.15) is 42.8 Å². The summed E-state index contributed by atoms with van der Waals surface area (Å²) in [5.74, 6) is 0. The lowest BCUT2D eigenvalue weighted by Crippen LogP contribution is -2.21. The van der Waals surface area contributed by atoms with Crippen molar-refractivity contribution >= 4 is 34.0 Å². The summed E-state index contributed by atoms with van der Waals surface area (Å²) in [6.07, 6.45) is -2.69. The molecule has 1 unspecified atom stereocenters. The highest BCUT2D eigenvalue weighted by atomic mass is 32.2. The van der Waals surface area contributed by atoms with E-state index in [1.807, 2.05) is 0 Å². The first-order valence-electron chi connectivity index (χ1n) is 8.43. The number of halogens is 3. The quantitative estimate of drug-likeness (QED) is 0.572. The Labute approximate surface area is 171 Å². The van der Waals surface area contributed by atoms with Crippen molar-refractivity contribution < 1.29 is 27.3 Å². The van der Waals surface area contributed by atoms with Gasteiger partial charge in [-0.2, -0.15) is 13.2 Å². The van der Waals surface area contributed by atoms with Crippen molar-refractivity contribution in [3.05, 3.63) is 40.0 Å². The van der Waals surface area contributed by atoms with Crippen molar-refractivity contribution in [3.8, 4) is 0 Å². The molecule has 0 aromatic carbocycles. The molecule has 12 heteroatoms. The Morgan fingerprint density at radius 2 is 1.97 bits per heavy atom. The SMILES string of the molecule is CC(C)(O)c1csc(S(N)=O)c1.NC(=O)Nc1cc(C(F)(F)F)nc2c1CCC2. The number of amides is 2. The van der Waals surface area contributed by atoms with Crippen LogP contribution in [0.5, 0.6) is 0 Å². The summed E-state index contributed by atoms with van der Waals surface area (Å²) in [6.45, 7) is 3.36. The molecule has 6 N–H and O–H groups in total. The van der Waals surface area contributed by atoms with Gasteiger partial charge in [0.1, 0.15) is 20.9 Å². The van der Waals surface area contributed by atoms with Crippen molar-refractivity contribution in [1.29, 1.82) is 0 Å². The first-order valence-corrected chi connectivity index (χ1v) is 10.5. The van der Waals surface area contributed by atoms with Gasteiger partial charge in [0.2, 0.25) is 0 Å². The number of nitrogens with one attached hydrogen (secondary N) is 1. The van der Waals surface area contributed by atoms with E-state index in [1.54, 1.807) is 25.3 Å². The molecule has 1 atom stereocenters. The van der Waals surface area contributed by atoms with Crippen molar-refractivity contribution in [2.45, 2.75) is 49.1 Å². The number of nitrogens with zero attached hydrogens (tertiary/aromatic N) is 1. The largest absolute Gasteiger partial charge is 0.433 e. The maximum absolute atomic E-state index is 12.6. The molecule has 1 aliphatic rings. The molecule has 7 nitrogen and oxygen atoms in total. The fourth-order valence-electron chi connectivity index (χ4n) is 2.68. The van der Waals surface area contributed by atoms with Crippen molar-refractivity contribution in [3.63, 3.8) is 0 Å². The molecular formula is C17H21F3N4O3S2. The second-order valence-corrected chi connectivity index (χ2v) is 9.04. The molecule has 0 bridgehead atoms. The number of rotatable bonds is 3. The number of carbonyl (C=O) groups is 1. The number of fused-ring (bicyclic) bond motifs is 1. The van der Waals surface area contributed by atoms with Crippen molar-refractivity contribution in [1.82, 2.24) is 4.98 Å². The predicted octanol–water partition coefficient (Wildman–Crippen LogP) is 3.04. The Hall–Kier alpha value is -2.02. The fourth-order valence-corrected chi connectivity index (χ4v) is 4.24. The minimum atomic E-state index is -4.52. The second kappa shape index (κ2) is 8.78. The molecule has 3 rings (SSSR count). The molecule has 2 aromatic rings. The molecule has 0 saturated carbocycles. The van der Waals surface area contributed by atoms with E-state index in [0.717, 1.165) is 18.1 Å². The number of carbonyl (C=O) groups excluding carboxylic acids is 1. The smallest absolute Gasteiger partial charge is 0.386 e. The molecule has 0 fully saturated rings. The van der Waals surface area contributed by atoms with Gasteiger partial charge in [0.05, 0.1) is 5.60 Å². The first-order chi connectivity index (χ1) is 13.3. The van der Waals surface area contributed by atoms with E-state index < -0.39 is 34.5 Å². The number of hydrogen-bond acceptors (Lipinski definition) is 5. The van der Waals surface area contributed by atoms with Gasteiger partial charge in [0.15, 0.2) is 0 Å². The number of nitrogens with two attached hydrogens (primary N) is 2. The molecule has 0 radical (unpaired) electrons. The normalized spacial score (nSPS) is 14.6. The van der Waals surface area contributed by atoms with Gasteiger partial charge in [-0.05, 0) is 61.7 Å². The van der Waals surface area contributed by atoms with Crippen LogP contribution < -0.4 is 16.2 Å². The van der Waals surface area contributed by atoms with Gasteiger partial charge < -0.3 is 16.2 Å². The van der Waals surface area contributed by atoms with Crippen LogP contribution in [0, 0.1) is 0 Å². The van der Waals surface area contributed by atoms with Crippen molar-refractivity contribution in [2.24, 2.45) is 10.9 Å². The predicted molar refractivity (Wildman–Crippen MR) is 105 cm³/mol. The molecule has 2 heterocycles. The van der Waals surface area contributed by atoms with Crippen LogP contribution in [0.4, 0.5) is 23.7 Å². The number of anilines is 1. The lowest BCUT2D eigenvalue weighted by Gasteiger charge is -2.14. The second-order valence-electron chi connectivity index (χ2n) is 6.83. The van der Waals surface area contributed by atoms with E-state index in [0.29, 0.717) is 28.3 Å². The topological polar surface area (TPSA) is 131 Å². The van der Waals surface area contributed by atoms with Gasteiger partial charge in [-0.15, -0.1) is 11.3 Å². The van der Waals surface area contributed by atoms with Crippen LogP contribution in [0.25, 0.3) is 0 Å². The van der Waals surface area contributed by atoms with Crippen LogP contribution in [0.2, 0.25) is 0 Å². The standard InChI is InChI=1S/C10H10F3N3O.C7H11NO2S2/c11-10(12,13)8-4-7(16-9(14)17)5-2-1-3-6(5)15-8;1-7(2,9)5-3-6(11-4-5)12(8)10/h4H,1-3H2,(H3,14,15,16,17);3-4,9H,8H2,1-2H3. The minimum absolute atomic E-state index is 0.118. The molecule has 1 aliphatic carbocycles. The number of aromatic nitrogens is 1. The average Bonchev–Trinajstić information content (AvgIpc) is 3.23. The lowest BCUT2D eigenvalue weighted by atomic mass is 10.0. The van der Waals surface area contributed by atoms with E-state index in [4.69, 9.17) is 10.9 Å². The zero-order valence-corrected chi connectivity index (χ0v) is 17.3. The number of primary amides is 1. The zero-order chi connectivity index (χ0) is 22.0. The Bertz CT molecular complexity index is 924. The highest BCUT2D eigenvalue weighted by Crippen LogP contribution is 2.35. The number of aliphatic hydroxyl groups is 1. The first kappa shape index (κ1) is 23.3. The fraction of sp³-hybridized carbons (Fsp3) is 0.412. The van der Waals surface area contributed by atoms with Crippen molar-refractivity contribution in [2.75, 3.05) is 5.32 Å². The van der Waals surface area contributed by atoms with E-state index in [9.17, 15) is 27.3 Å². The molecule has 160 valence electrons. The molecule has 2 aromatic heterocycles. The lowest BCUT2D eigenvalue weighted by molar-refractivity contribution is -0.141. The third-order valence-corrected chi connectivity index (χ3v) is 6.10. The van der Waals surface area contributed by atoms with Crippen LogP contribution >= 0.6 is 11.3 Å². The summed E-state index contributed by atoms with van der Waals surface area (Å²) in [5.41, 5.74) is 4.96. The summed E-state index contributed by atoms with van der Waals surface area (Å²) in [4.78, 5) is 14.3. The highest BCUT2D eigenvalue weighted by Gasteiger charge is 2.35. The summed E-state index contributed by atoms with van der Waals surface area (Å²) in [7, 11) is -1.44. The van der Waals surface area contributed by atoms with Gasteiger partial charge in [-0.1, -0.05) is 0 Å². The van der Waals surface area contributed by atoms with Crippen LogP contribution in [0.15, 0.2) is 21.7 Å². The number of alkyl halides is 3. The number of aryl methyl sites for hydroxylation is 1. The van der Waals surface area contributed by atoms with E-state index >= 15 is 0 Å². The number of pyridine rings is 1. The molecule has 29 heavy (non-hydrogen) atoms. The maximum Gasteiger partial charge on any atom is 0.433 e. The third kappa shape index (κ3) is 6.23. The van der Waals surface area contributed by atoms with E-state index in [-0.39, 0.29) is 5.69 Å². The molecular weight excluding hydrogens is 429 g/mol. The van der Waals surface area contributed by atoms with Crippen LogP contribution in [-0.2, 0) is 35.6 Å². The molecule has 0 aliphatic heterocycles. The average molecular weight is 451 g/mol. The van der Waals surface area contributed by atoms with Gasteiger partial charge in [0.25, 0.3) is 0 Å². The number of thiophene rings is 1. The molecule has 2 amide bonds. The van der Waals surface area contributed by atoms with E-state index in [1.165, 1.54) is 11.3 Å². The maximum atomic E-state index is 12.6. The summed E-state index contributed by atoms with van der Waals surface area (Å²) >= 11 is 1.30. The van der Waals surface area contributed by atoms with Gasteiger partial charge in [0, 0.05) is 11.4 Å². The highest BCUT2D eigenvalue weighted by molar-refractivity contribution is 7.85. The van der Waals surface area contributed by atoms with E-state index in [2.05, 4.69) is 10.3 Å². The van der Waals surface area contributed by atoms with Gasteiger partial charge in [-0.3, -0.25) is 0 Å². The molecule has 0 spiro atoms. The van der Waals surface area contributed by atoms with Crippen LogP contribution in [-0.4, -0.2) is 20.3 Å². The van der Waals surface area contributed by atoms with Gasteiger partial charge >= 0.3 is 12.2 Å². The van der Waals surface area contributed by atoms with Gasteiger partial charge in [-0.25, -0.2) is 19.1 Å². The Morgan fingerprint density at radius 1 is 1.31 bits per heavy atom. The Kier molecular flexibility index (Phi) is 7.04. The Balaban J connectivity index is 0.000000221. The monoisotopic (exact) mass is 450 g/mol. The van der Waals surface area contributed by atoms with Crippen LogP contribution in [0.3, 0.4) is 0 Å².